The molecule has 7 nitrogen and oxygen atoms in total. The fraction of sp³-hybridized carbons (Fsp3) is 0.458. The van der Waals surface area contributed by atoms with Gasteiger partial charge in [-0.3, -0.25) is 14.4 Å². The molecule has 0 spiro atoms. The smallest absolute Gasteiger partial charge is 0.251 e. The summed E-state index contributed by atoms with van der Waals surface area (Å²) >= 11 is 0. The average molecular weight is 460 g/mol. The van der Waals surface area contributed by atoms with Gasteiger partial charge >= 0.3 is 0 Å². The van der Waals surface area contributed by atoms with Gasteiger partial charge in [-0.25, -0.2) is 8.42 Å². The van der Waals surface area contributed by atoms with Crippen molar-refractivity contribution in [1.29, 1.82) is 0 Å². The van der Waals surface area contributed by atoms with Crippen molar-refractivity contribution < 1.29 is 17.9 Å². The second-order valence-electron chi connectivity index (χ2n) is 8.10. The van der Waals surface area contributed by atoms with Gasteiger partial charge in [0.05, 0.1) is 18.9 Å². The molecule has 1 aliphatic rings. The Balaban J connectivity index is 1.71. The molecule has 0 aliphatic carbocycles. The Hall–Kier alpha value is -2.58. The lowest BCUT2D eigenvalue weighted by Crippen LogP contribution is -2.40. The molecule has 32 heavy (non-hydrogen) atoms. The van der Waals surface area contributed by atoms with E-state index < -0.39 is 10.0 Å². The van der Waals surface area contributed by atoms with E-state index in [4.69, 9.17) is 4.74 Å². The number of sulfonamides is 1. The normalized spacial score (nSPS) is 15.7. The second kappa shape index (κ2) is 11.3. The molecular weight excluding hydrogens is 426 g/mol. The predicted octanol–water partition coefficient (Wildman–Crippen LogP) is 3.80. The number of hydrogen-bond acceptors (Lipinski definition) is 5. The summed E-state index contributed by atoms with van der Waals surface area (Å²) in [4.78, 5) is 15.3. The Labute approximate surface area is 191 Å². The zero-order chi connectivity index (χ0) is 23.0. The van der Waals surface area contributed by atoms with Gasteiger partial charge < -0.3 is 10.1 Å². The first-order valence-corrected chi connectivity index (χ1v) is 12.8. The van der Waals surface area contributed by atoms with Crippen LogP contribution in [0.2, 0.25) is 0 Å². The molecule has 1 fully saturated rings. The van der Waals surface area contributed by atoms with Crippen molar-refractivity contribution in [3.8, 4) is 5.75 Å². The zero-order valence-electron chi connectivity index (χ0n) is 18.8. The third-order valence-electron chi connectivity index (χ3n) is 5.66. The molecule has 0 unspecified atom stereocenters. The number of methoxy groups -OCH3 is 1. The van der Waals surface area contributed by atoms with Gasteiger partial charge in [0.15, 0.2) is 0 Å². The van der Waals surface area contributed by atoms with Crippen molar-refractivity contribution in [3.63, 3.8) is 0 Å². The summed E-state index contributed by atoms with van der Waals surface area (Å²) in [5, 5.41) is 3.05. The van der Waals surface area contributed by atoms with Crippen LogP contribution < -0.4 is 14.8 Å². The second-order valence-corrected chi connectivity index (χ2v) is 9.94. The molecule has 1 heterocycles. The maximum atomic E-state index is 12.9. The van der Waals surface area contributed by atoms with E-state index in [1.54, 1.807) is 31.4 Å². The first kappa shape index (κ1) is 24.1. The molecular formula is C24H33N3O4S. The maximum absolute atomic E-state index is 12.9. The number of piperidine rings is 1. The molecule has 1 aliphatic heterocycles. The van der Waals surface area contributed by atoms with Crippen molar-refractivity contribution in [3.05, 3.63) is 59.7 Å². The van der Waals surface area contributed by atoms with E-state index in [1.807, 2.05) is 31.2 Å². The minimum atomic E-state index is -3.41. The van der Waals surface area contributed by atoms with Crippen LogP contribution in [0.3, 0.4) is 0 Å². The van der Waals surface area contributed by atoms with Crippen LogP contribution in [0.5, 0.6) is 5.75 Å². The molecule has 8 heteroatoms. The number of ether oxygens (including phenoxy) is 1. The molecule has 1 atom stereocenters. The Kier molecular flexibility index (Phi) is 8.53. The molecule has 174 valence electrons. The van der Waals surface area contributed by atoms with Crippen LogP contribution in [-0.2, 0) is 10.0 Å². The highest BCUT2D eigenvalue weighted by atomic mass is 32.2. The molecule has 0 aromatic heterocycles. The Bertz CT molecular complexity index is 987. The van der Waals surface area contributed by atoms with Gasteiger partial charge in [-0.2, -0.15) is 0 Å². The summed E-state index contributed by atoms with van der Waals surface area (Å²) in [6.07, 6.45) is 4.07. The van der Waals surface area contributed by atoms with Crippen LogP contribution >= 0.6 is 0 Å². The minimum Gasteiger partial charge on any atom is -0.497 e. The Morgan fingerprint density at radius 3 is 2.47 bits per heavy atom. The van der Waals surface area contributed by atoms with E-state index in [0.29, 0.717) is 24.2 Å². The van der Waals surface area contributed by atoms with Gasteiger partial charge in [0, 0.05) is 17.8 Å². The number of hydrogen-bond donors (Lipinski definition) is 2. The van der Waals surface area contributed by atoms with Gasteiger partial charge in [-0.15, -0.1) is 0 Å². The SMILES string of the molecule is CCCS(=O)(=O)Nc1cccc(C(=O)NC[C@@H](c2ccc(OC)cc2)N2CCCCC2)c1. The Morgan fingerprint density at radius 2 is 1.81 bits per heavy atom. The summed E-state index contributed by atoms with van der Waals surface area (Å²) < 4.78 is 31.9. The molecule has 0 saturated carbocycles. The minimum absolute atomic E-state index is 0.0444. The number of nitrogens with zero attached hydrogens (tertiary/aromatic N) is 1. The van der Waals surface area contributed by atoms with Crippen LogP contribution in [0.15, 0.2) is 48.5 Å². The van der Waals surface area contributed by atoms with E-state index >= 15 is 0 Å². The summed E-state index contributed by atoms with van der Waals surface area (Å²) in [7, 11) is -1.76. The van der Waals surface area contributed by atoms with Crippen molar-refractivity contribution in [2.24, 2.45) is 0 Å². The highest BCUT2D eigenvalue weighted by Gasteiger charge is 2.23. The number of benzene rings is 2. The lowest BCUT2D eigenvalue weighted by Gasteiger charge is -2.35. The summed E-state index contributed by atoms with van der Waals surface area (Å²) in [5.74, 6) is 0.623. The number of carbonyl (C=O) groups is 1. The molecule has 2 aromatic rings. The van der Waals surface area contributed by atoms with Crippen LogP contribution in [0.1, 0.15) is 54.6 Å². The van der Waals surface area contributed by atoms with Gasteiger partial charge in [0.1, 0.15) is 5.75 Å². The van der Waals surface area contributed by atoms with Crippen molar-refractivity contribution in [2.75, 3.05) is 37.2 Å². The van der Waals surface area contributed by atoms with Gasteiger partial charge in [0.2, 0.25) is 10.0 Å². The summed E-state index contributed by atoms with van der Waals surface area (Å²) in [6, 6.07) is 14.7. The summed E-state index contributed by atoms with van der Waals surface area (Å²) in [5.41, 5.74) is 1.96. The number of amides is 1. The lowest BCUT2D eigenvalue weighted by molar-refractivity contribution is 0.0924. The first-order valence-electron chi connectivity index (χ1n) is 11.2. The third kappa shape index (κ3) is 6.71. The van der Waals surface area contributed by atoms with E-state index in [9.17, 15) is 13.2 Å². The average Bonchev–Trinajstić information content (AvgIpc) is 2.80. The van der Waals surface area contributed by atoms with E-state index in [1.165, 1.54) is 6.42 Å². The van der Waals surface area contributed by atoms with Crippen LogP contribution in [0.4, 0.5) is 5.69 Å². The largest absolute Gasteiger partial charge is 0.497 e. The monoisotopic (exact) mass is 459 g/mol. The van der Waals surface area contributed by atoms with Gasteiger partial charge in [-0.05, 0) is 68.2 Å². The number of nitrogens with one attached hydrogen (secondary N) is 2. The highest BCUT2D eigenvalue weighted by molar-refractivity contribution is 7.92. The number of anilines is 1. The van der Waals surface area contributed by atoms with Crippen molar-refractivity contribution >= 4 is 21.6 Å². The fourth-order valence-electron chi connectivity index (χ4n) is 4.03. The maximum Gasteiger partial charge on any atom is 0.251 e. The third-order valence-corrected chi connectivity index (χ3v) is 7.15. The van der Waals surface area contributed by atoms with Crippen LogP contribution in [-0.4, -0.2) is 51.7 Å². The number of likely N-dealkylation sites (tertiary alicyclic amines) is 1. The zero-order valence-corrected chi connectivity index (χ0v) is 19.7. The molecule has 2 N–H and O–H groups in total. The lowest BCUT2D eigenvalue weighted by atomic mass is 10.0. The van der Waals surface area contributed by atoms with E-state index in [-0.39, 0.29) is 17.7 Å². The van der Waals surface area contributed by atoms with Crippen LogP contribution in [0.25, 0.3) is 0 Å². The standard InChI is InChI=1S/C24H33N3O4S/c1-3-16-32(29,30)26-21-9-7-8-20(17-21)24(28)25-18-23(27-14-5-4-6-15-27)19-10-12-22(31-2)13-11-19/h7-13,17,23,26H,3-6,14-16,18H2,1-2H3,(H,25,28)/t23-/m0/s1. The predicted molar refractivity (Wildman–Crippen MR) is 128 cm³/mol. The first-order chi connectivity index (χ1) is 15.4. The number of carbonyl (C=O) groups excluding carboxylic acids is 1. The highest BCUT2D eigenvalue weighted by Crippen LogP contribution is 2.26. The molecule has 3 rings (SSSR count). The topological polar surface area (TPSA) is 87.7 Å². The number of rotatable bonds is 10. The molecule has 1 amide bonds. The summed E-state index contributed by atoms with van der Waals surface area (Å²) in [6.45, 7) is 4.28. The molecule has 1 saturated heterocycles. The Morgan fingerprint density at radius 1 is 1.09 bits per heavy atom. The van der Waals surface area contributed by atoms with E-state index in [0.717, 1.165) is 37.2 Å². The molecule has 2 aromatic carbocycles. The fourth-order valence-corrected chi connectivity index (χ4v) is 5.15. The molecule has 0 radical (unpaired) electrons. The van der Waals surface area contributed by atoms with Crippen molar-refractivity contribution in [1.82, 2.24) is 10.2 Å². The van der Waals surface area contributed by atoms with Gasteiger partial charge in [0.25, 0.3) is 5.91 Å². The van der Waals surface area contributed by atoms with Gasteiger partial charge in [-0.1, -0.05) is 31.5 Å². The van der Waals surface area contributed by atoms with Crippen LogP contribution in [0, 0.1) is 0 Å². The molecule has 0 bridgehead atoms. The quantitative estimate of drug-likeness (QED) is 0.564. The van der Waals surface area contributed by atoms with Crippen molar-refractivity contribution in [2.45, 2.75) is 38.6 Å². The van der Waals surface area contributed by atoms with E-state index in [2.05, 4.69) is 14.9 Å².